The van der Waals surface area contributed by atoms with Crippen molar-refractivity contribution >= 4 is 11.6 Å². The molecule has 0 aromatic carbocycles. The molecule has 1 aliphatic carbocycles. The van der Waals surface area contributed by atoms with Gasteiger partial charge in [-0.05, 0) is 31.7 Å². The van der Waals surface area contributed by atoms with Gasteiger partial charge in [-0.1, -0.05) is 26.7 Å². The van der Waals surface area contributed by atoms with E-state index < -0.39 is 5.97 Å². The zero-order chi connectivity index (χ0) is 17.1. The van der Waals surface area contributed by atoms with E-state index in [-0.39, 0.29) is 5.92 Å². The Kier molecular flexibility index (Phi) is 5.14. The molecule has 6 nitrogen and oxygen atoms in total. The maximum absolute atomic E-state index is 11.9. The van der Waals surface area contributed by atoms with Crippen molar-refractivity contribution in [1.82, 2.24) is 14.6 Å². The Balaban J connectivity index is 1.88. The quantitative estimate of drug-likeness (QED) is 0.758. The predicted octanol–water partition coefficient (Wildman–Crippen LogP) is 3.49. The smallest absolute Gasteiger partial charge is 0.358 e. The van der Waals surface area contributed by atoms with Gasteiger partial charge >= 0.3 is 5.97 Å². The summed E-state index contributed by atoms with van der Waals surface area (Å²) >= 11 is 0. The summed E-state index contributed by atoms with van der Waals surface area (Å²) < 4.78 is 12.7. The number of hydrogen-bond acceptors (Lipinski definition) is 5. The summed E-state index contributed by atoms with van der Waals surface area (Å²) in [5.41, 5.74) is 2.85. The number of fused-ring (bicyclic) bond motifs is 1. The lowest BCUT2D eigenvalue weighted by Gasteiger charge is -2.13. The van der Waals surface area contributed by atoms with E-state index in [0.717, 1.165) is 24.2 Å². The van der Waals surface area contributed by atoms with Crippen LogP contribution < -0.4 is 0 Å². The normalized spacial score (nSPS) is 15.5. The summed E-state index contributed by atoms with van der Waals surface area (Å²) in [4.78, 5) is 16.5. The van der Waals surface area contributed by atoms with Gasteiger partial charge in [0.2, 0.25) is 0 Å². The number of nitrogens with zero attached hydrogens (tertiary/aromatic N) is 3. The molecule has 0 aliphatic heterocycles. The number of carbonyl (C=O) groups excluding carboxylic acids is 1. The lowest BCUT2D eigenvalue weighted by Crippen LogP contribution is -2.11. The molecule has 1 aliphatic rings. The average molecular weight is 331 g/mol. The minimum Gasteiger partial charge on any atom is -0.461 e. The Morgan fingerprint density at radius 2 is 2.08 bits per heavy atom. The Hall–Kier alpha value is -1.95. The molecule has 0 saturated heterocycles. The first-order valence-corrected chi connectivity index (χ1v) is 8.76. The van der Waals surface area contributed by atoms with E-state index in [9.17, 15) is 4.79 Å². The largest absolute Gasteiger partial charge is 0.461 e. The van der Waals surface area contributed by atoms with E-state index in [4.69, 9.17) is 9.47 Å². The monoisotopic (exact) mass is 331 g/mol. The Labute approximate surface area is 142 Å². The molecule has 24 heavy (non-hydrogen) atoms. The van der Waals surface area contributed by atoms with Crippen LogP contribution in [0.3, 0.4) is 0 Å². The van der Waals surface area contributed by atoms with Crippen molar-refractivity contribution in [3.63, 3.8) is 0 Å². The maximum Gasteiger partial charge on any atom is 0.358 e. The molecule has 0 spiro atoms. The van der Waals surface area contributed by atoms with Crippen LogP contribution in [0.1, 0.15) is 74.2 Å². The molecule has 0 N–H and O–H groups in total. The van der Waals surface area contributed by atoms with Crippen LogP contribution >= 0.6 is 0 Å². The SMILES string of the molecule is CCOC(=O)c1cc2nc(COC3CCCC3)cc(C(C)C)n2n1. The van der Waals surface area contributed by atoms with E-state index >= 15 is 0 Å². The maximum atomic E-state index is 11.9. The topological polar surface area (TPSA) is 65.7 Å². The van der Waals surface area contributed by atoms with Gasteiger partial charge in [-0.15, -0.1) is 0 Å². The van der Waals surface area contributed by atoms with Crippen molar-refractivity contribution < 1.29 is 14.3 Å². The van der Waals surface area contributed by atoms with Crippen molar-refractivity contribution in [2.75, 3.05) is 6.61 Å². The second kappa shape index (κ2) is 7.30. The highest BCUT2D eigenvalue weighted by atomic mass is 16.5. The Bertz CT molecular complexity index is 718. The zero-order valence-corrected chi connectivity index (χ0v) is 14.6. The van der Waals surface area contributed by atoms with Gasteiger partial charge in [0, 0.05) is 11.8 Å². The van der Waals surface area contributed by atoms with E-state index in [1.807, 2.05) is 6.07 Å². The number of hydrogen-bond donors (Lipinski definition) is 0. The first-order chi connectivity index (χ1) is 11.6. The molecule has 3 rings (SSSR count). The molecule has 6 heteroatoms. The number of carbonyl (C=O) groups is 1. The van der Waals surface area contributed by atoms with Gasteiger partial charge in [0.15, 0.2) is 11.3 Å². The van der Waals surface area contributed by atoms with Crippen molar-refractivity contribution in [3.05, 3.63) is 29.2 Å². The molecule has 0 unspecified atom stereocenters. The van der Waals surface area contributed by atoms with Crippen molar-refractivity contribution in [1.29, 1.82) is 0 Å². The van der Waals surface area contributed by atoms with Crippen molar-refractivity contribution in [3.8, 4) is 0 Å². The van der Waals surface area contributed by atoms with Crippen LogP contribution in [-0.2, 0) is 16.1 Å². The number of esters is 1. The molecule has 2 aromatic rings. The first kappa shape index (κ1) is 16.9. The number of ether oxygens (including phenoxy) is 2. The van der Waals surface area contributed by atoms with Crippen LogP contribution in [0.5, 0.6) is 0 Å². The number of rotatable bonds is 6. The highest BCUT2D eigenvalue weighted by Crippen LogP contribution is 2.23. The lowest BCUT2D eigenvalue weighted by molar-refractivity contribution is 0.0437. The predicted molar refractivity (Wildman–Crippen MR) is 90.1 cm³/mol. The first-order valence-electron chi connectivity index (χ1n) is 8.76. The third-order valence-electron chi connectivity index (χ3n) is 4.35. The van der Waals surface area contributed by atoms with Gasteiger partial charge in [-0.25, -0.2) is 14.3 Å². The standard InChI is InChI=1S/C18H25N3O3/c1-4-23-18(22)15-10-17-19-13(11-24-14-7-5-6-8-14)9-16(12(2)3)21(17)20-15/h9-10,12,14H,4-8,11H2,1-3H3. The average Bonchev–Trinajstić information content (AvgIpc) is 3.21. The molecule has 130 valence electrons. The van der Waals surface area contributed by atoms with Gasteiger partial charge in [-0.3, -0.25) is 0 Å². The van der Waals surface area contributed by atoms with Crippen LogP contribution in [0.15, 0.2) is 12.1 Å². The fourth-order valence-corrected chi connectivity index (χ4v) is 3.10. The van der Waals surface area contributed by atoms with Gasteiger partial charge in [-0.2, -0.15) is 5.10 Å². The molecule has 0 bridgehead atoms. The summed E-state index contributed by atoms with van der Waals surface area (Å²) in [6.45, 7) is 6.81. The molecule has 2 heterocycles. The van der Waals surface area contributed by atoms with Gasteiger partial charge in [0.05, 0.1) is 25.0 Å². The van der Waals surface area contributed by atoms with E-state index in [2.05, 4.69) is 23.9 Å². The van der Waals surface area contributed by atoms with E-state index in [1.165, 1.54) is 12.8 Å². The fraction of sp³-hybridized carbons (Fsp3) is 0.611. The summed E-state index contributed by atoms with van der Waals surface area (Å²) in [6, 6.07) is 3.71. The second-order valence-corrected chi connectivity index (χ2v) is 6.56. The van der Waals surface area contributed by atoms with Crippen LogP contribution in [0, 0.1) is 0 Å². The Morgan fingerprint density at radius 1 is 1.33 bits per heavy atom. The van der Waals surface area contributed by atoms with E-state index in [0.29, 0.717) is 30.7 Å². The van der Waals surface area contributed by atoms with E-state index in [1.54, 1.807) is 17.5 Å². The van der Waals surface area contributed by atoms with Gasteiger partial charge in [0.25, 0.3) is 0 Å². The highest BCUT2D eigenvalue weighted by Gasteiger charge is 2.19. The van der Waals surface area contributed by atoms with Crippen LogP contribution in [0.2, 0.25) is 0 Å². The molecule has 1 fully saturated rings. The third-order valence-corrected chi connectivity index (χ3v) is 4.35. The minimum absolute atomic E-state index is 0.260. The molecule has 0 amide bonds. The van der Waals surface area contributed by atoms with Crippen LogP contribution in [-0.4, -0.2) is 33.3 Å². The molecular formula is C18H25N3O3. The summed E-state index contributed by atoms with van der Waals surface area (Å²) in [5.74, 6) is -0.155. The molecule has 0 atom stereocenters. The zero-order valence-electron chi connectivity index (χ0n) is 14.6. The molecular weight excluding hydrogens is 306 g/mol. The molecule has 2 aromatic heterocycles. The number of aromatic nitrogens is 3. The second-order valence-electron chi connectivity index (χ2n) is 6.56. The van der Waals surface area contributed by atoms with Crippen LogP contribution in [0.25, 0.3) is 5.65 Å². The summed E-state index contributed by atoms with van der Waals surface area (Å²) in [7, 11) is 0. The van der Waals surface area contributed by atoms with Crippen LogP contribution in [0.4, 0.5) is 0 Å². The van der Waals surface area contributed by atoms with Crippen molar-refractivity contribution in [2.24, 2.45) is 0 Å². The highest BCUT2D eigenvalue weighted by molar-refractivity contribution is 5.88. The van der Waals surface area contributed by atoms with Gasteiger partial charge < -0.3 is 9.47 Å². The minimum atomic E-state index is -0.415. The summed E-state index contributed by atoms with van der Waals surface area (Å²) in [5, 5.41) is 4.37. The summed E-state index contributed by atoms with van der Waals surface area (Å²) in [6.07, 6.45) is 5.13. The van der Waals surface area contributed by atoms with Gasteiger partial charge in [0.1, 0.15) is 0 Å². The third kappa shape index (κ3) is 3.59. The Morgan fingerprint density at radius 3 is 2.75 bits per heavy atom. The molecule has 1 saturated carbocycles. The van der Waals surface area contributed by atoms with Crippen molar-refractivity contribution in [2.45, 2.75) is 65.1 Å². The lowest BCUT2D eigenvalue weighted by atomic mass is 10.1. The molecule has 0 radical (unpaired) electrons. The fourth-order valence-electron chi connectivity index (χ4n) is 3.10.